The van der Waals surface area contributed by atoms with Crippen molar-refractivity contribution in [3.63, 3.8) is 0 Å². The first kappa shape index (κ1) is 7.94. The lowest BCUT2D eigenvalue weighted by Crippen LogP contribution is -2.14. The van der Waals surface area contributed by atoms with Crippen molar-refractivity contribution in [2.45, 2.75) is 6.92 Å². The fourth-order valence-electron chi connectivity index (χ4n) is 0.361. The number of methoxy groups -OCH3 is 1. The number of hydrogen-bond acceptors (Lipinski definition) is 4. The summed E-state index contributed by atoms with van der Waals surface area (Å²) in [4.78, 5) is 10.5. The number of carbonyl (C=O) groups excluding carboxylic acids is 1. The van der Waals surface area contributed by atoms with Crippen LogP contribution in [0.1, 0.15) is 6.92 Å². The normalized spacial score (nSPS) is 10.8. The van der Waals surface area contributed by atoms with E-state index in [2.05, 4.69) is 15.3 Å². The Morgan fingerprint density at radius 2 is 2.22 bits per heavy atom. The molecular formula is C5H10N2O2. The van der Waals surface area contributed by atoms with Crippen molar-refractivity contribution in [3.05, 3.63) is 0 Å². The van der Waals surface area contributed by atoms with Crippen molar-refractivity contribution in [2.24, 2.45) is 5.10 Å². The summed E-state index contributed by atoms with van der Waals surface area (Å²) in [6.45, 7) is 1.57. The van der Waals surface area contributed by atoms with Crippen molar-refractivity contribution < 1.29 is 9.53 Å². The summed E-state index contributed by atoms with van der Waals surface area (Å²) in [5, 5.41) is 3.59. The highest BCUT2D eigenvalue weighted by Gasteiger charge is 2.02. The summed E-state index contributed by atoms with van der Waals surface area (Å²) >= 11 is 0. The van der Waals surface area contributed by atoms with Gasteiger partial charge < -0.3 is 10.2 Å². The predicted molar refractivity (Wildman–Crippen MR) is 34.2 cm³/mol. The lowest BCUT2D eigenvalue weighted by atomic mass is 10.4. The molecule has 0 atom stereocenters. The minimum Gasteiger partial charge on any atom is -0.464 e. The Balaban J connectivity index is 3.86. The third-order valence-electron chi connectivity index (χ3n) is 0.760. The Bertz CT molecular complexity index is 131. The molecule has 0 unspecified atom stereocenters. The maximum atomic E-state index is 10.5. The summed E-state index contributed by atoms with van der Waals surface area (Å²) < 4.78 is 4.35. The second-order valence-corrected chi connectivity index (χ2v) is 1.41. The van der Waals surface area contributed by atoms with Gasteiger partial charge in [0.25, 0.3) is 0 Å². The van der Waals surface area contributed by atoms with Gasteiger partial charge in [-0.25, -0.2) is 4.79 Å². The minimum atomic E-state index is -0.413. The van der Waals surface area contributed by atoms with Crippen molar-refractivity contribution in [3.8, 4) is 0 Å². The largest absolute Gasteiger partial charge is 0.464 e. The summed E-state index contributed by atoms with van der Waals surface area (Å²) in [5.74, 6) is -0.413. The first-order valence-corrected chi connectivity index (χ1v) is 2.51. The number of ether oxygens (including phenoxy) is 1. The lowest BCUT2D eigenvalue weighted by molar-refractivity contribution is -0.132. The van der Waals surface area contributed by atoms with Gasteiger partial charge in [-0.15, -0.1) is 0 Å². The van der Waals surface area contributed by atoms with Crippen LogP contribution in [-0.4, -0.2) is 25.8 Å². The lowest BCUT2D eigenvalue weighted by Gasteiger charge is -1.95. The molecule has 0 aliphatic carbocycles. The molecule has 0 aliphatic rings. The van der Waals surface area contributed by atoms with Crippen molar-refractivity contribution in [1.29, 1.82) is 0 Å². The van der Waals surface area contributed by atoms with Crippen molar-refractivity contribution in [1.82, 2.24) is 5.43 Å². The topological polar surface area (TPSA) is 50.7 Å². The summed E-state index contributed by atoms with van der Waals surface area (Å²) in [6, 6.07) is 0. The van der Waals surface area contributed by atoms with E-state index in [9.17, 15) is 4.79 Å². The molecule has 0 saturated carbocycles. The van der Waals surface area contributed by atoms with Gasteiger partial charge in [0.2, 0.25) is 0 Å². The Labute approximate surface area is 53.9 Å². The first-order valence-electron chi connectivity index (χ1n) is 2.51. The Kier molecular flexibility index (Phi) is 3.43. The molecule has 0 heterocycles. The molecule has 4 heteroatoms. The van der Waals surface area contributed by atoms with Crippen LogP contribution in [0.3, 0.4) is 0 Å². The first-order chi connectivity index (χ1) is 4.22. The number of nitrogens with zero attached hydrogens (tertiary/aromatic N) is 1. The fourth-order valence-corrected chi connectivity index (χ4v) is 0.361. The molecule has 0 bridgehead atoms. The van der Waals surface area contributed by atoms with Crippen LogP contribution in [0, 0.1) is 0 Å². The van der Waals surface area contributed by atoms with Gasteiger partial charge in [-0.2, -0.15) is 5.10 Å². The Hall–Kier alpha value is -1.06. The molecule has 0 aromatic carbocycles. The van der Waals surface area contributed by atoms with Crippen LogP contribution in [0.2, 0.25) is 0 Å². The molecule has 1 N–H and O–H groups in total. The number of nitrogens with one attached hydrogen (secondary N) is 1. The van der Waals surface area contributed by atoms with Gasteiger partial charge in [-0.05, 0) is 6.92 Å². The number of hydrogen-bond donors (Lipinski definition) is 1. The van der Waals surface area contributed by atoms with Gasteiger partial charge in [0.15, 0.2) is 0 Å². The molecule has 9 heavy (non-hydrogen) atoms. The van der Waals surface area contributed by atoms with E-state index >= 15 is 0 Å². The highest BCUT2D eigenvalue weighted by Crippen LogP contribution is 1.77. The van der Waals surface area contributed by atoms with E-state index in [1.54, 1.807) is 14.0 Å². The standard InChI is InChI=1S/C5H10N2O2/c1-4(7-6-2)5(8)9-3/h6H,1-3H3/b7-4+. The molecule has 0 radical (unpaired) electrons. The van der Waals surface area contributed by atoms with Crippen molar-refractivity contribution >= 4 is 11.7 Å². The second kappa shape index (κ2) is 3.88. The minimum absolute atomic E-state index is 0.319. The van der Waals surface area contributed by atoms with Crippen LogP contribution >= 0.6 is 0 Å². The summed E-state index contributed by atoms with van der Waals surface area (Å²) in [6.07, 6.45) is 0. The van der Waals surface area contributed by atoms with E-state index in [-0.39, 0.29) is 0 Å². The third kappa shape index (κ3) is 2.69. The van der Waals surface area contributed by atoms with Gasteiger partial charge in [-0.1, -0.05) is 0 Å². The van der Waals surface area contributed by atoms with Crippen LogP contribution in [-0.2, 0) is 9.53 Å². The SMILES string of the molecule is CN/N=C(\C)C(=O)OC. The van der Waals surface area contributed by atoms with E-state index < -0.39 is 5.97 Å². The summed E-state index contributed by atoms with van der Waals surface area (Å²) in [7, 11) is 2.93. The van der Waals surface area contributed by atoms with E-state index in [0.29, 0.717) is 5.71 Å². The fraction of sp³-hybridized carbons (Fsp3) is 0.600. The van der Waals surface area contributed by atoms with Crippen LogP contribution in [0.25, 0.3) is 0 Å². The van der Waals surface area contributed by atoms with Gasteiger partial charge in [-0.3, -0.25) is 0 Å². The molecular weight excluding hydrogens is 120 g/mol. The van der Waals surface area contributed by atoms with Gasteiger partial charge in [0.1, 0.15) is 5.71 Å². The molecule has 0 fully saturated rings. The van der Waals surface area contributed by atoms with E-state index in [4.69, 9.17) is 0 Å². The third-order valence-corrected chi connectivity index (χ3v) is 0.760. The zero-order valence-electron chi connectivity index (χ0n) is 5.76. The number of esters is 1. The smallest absolute Gasteiger partial charge is 0.353 e. The van der Waals surface area contributed by atoms with Gasteiger partial charge in [0, 0.05) is 7.05 Å². The maximum Gasteiger partial charge on any atom is 0.353 e. The molecule has 0 amide bonds. The molecule has 0 aromatic heterocycles. The molecule has 4 nitrogen and oxygen atoms in total. The highest BCUT2D eigenvalue weighted by atomic mass is 16.5. The monoisotopic (exact) mass is 130 g/mol. The zero-order valence-corrected chi connectivity index (χ0v) is 5.76. The van der Waals surface area contributed by atoms with Crippen LogP contribution in [0.4, 0.5) is 0 Å². The highest BCUT2D eigenvalue weighted by molar-refractivity contribution is 6.35. The molecule has 0 spiro atoms. The summed E-state index contributed by atoms with van der Waals surface area (Å²) in [5.41, 5.74) is 2.79. The van der Waals surface area contributed by atoms with Crippen LogP contribution in [0.5, 0.6) is 0 Å². The second-order valence-electron chi connectivity index (χ2n) is 1.41. The number of carbonyl (C=O) groups is 1. The Morgan fingerprint density at radius 1 is 1.67 bits per heavy atom. The van der Waals surface area contributed by atoms with E-state index in [1.165, 1.54) is 7.11 Å². The Morgan fingerprint density at radius 3 is 2.56 bits per heavy atom. The zero-order chi connectivity index (χ0) is 7.28. The molecule has 0 aromatic rings. The van der Waals surface area contributed by atoms with E-state index in [1.807, 2.05) is 0 Å². The van der Waals surface area contributed by atoms with Crippen LogP contribution < -0.4 is 5.43 Å². The predicted octanol–water partition coefficient (Wildman–Crippen LogP) is -0.245. The van der Waals surface area contributed by atoms with Crippen LogP contribution in [0.15, 0.2) is 5.10 Å². The maximum absolute atomic E-state index is 10.5. The number of rotatable bonds is 2. The average Bonchev–Trinajstić information content (AvgIpc) is 1.87. The van der Waals surface area contributed by atoms with Crippen molar-refractivity contribution in [2.75, 3.05) is 14.2 Å². The average molecular weight is 130 g/mol. The molecule has 0 rings (SSSR count). The molecule has 0 aliphatic heterocycles. The number of hydrazone groups is 1. The quantitative estimate of drug-likeness (QED) is 0.318. The van der Waals surface area contributed by atoms with E-state index in [0.717, 1.165) is 0 Å². The van der Waals surface area contributed by atoms with Gasteiger partial charge >= 0.3 is 5.97 Å². The molecule has 0 saturated heterocycles. The van der Waals surface area contributed by atoms with Gasteiger partial charge in [0.05, 0.1) is 7.11 Å². The molecule has 52 valence electrons.